The molecule has 1 aromatic carbocycles. The number of carbonyl (C=O) groups excluding carboxylic acids is 1. The minimum absolute atomic E-state index is 0.228. The molecule has 0 fully saturated rings. The van der Waals surface area contributed by atoms with Crippen LogP contribution in [0.15, 0.2) is 29.4 Å². The summed E-state index contributed by atoms with van der Waals surface area (Å²) in [6, 6.07) is 8.02. The van der Waals surface area contributed by atoms with Gasteiger partial charge in [0, 0.05) is 0 Å². The monoisotopic (exact) mass is 292 g/mol. The second kappa shape index (κ2) is 6.42. The van der Waals surface area contributed by atoms with E-state index in [1.54, 1.807) is 0 Å². The molecule has 20 heavy (non-hydrogen) atoms. The predicted molar refractivity (Wildman–Crippen MR) is 77.3 cm³/mol. The zero-order valence-electron chi connectivity index (χ0n) is 11.3. The van der Waals surface area contributed by atoms with Gasteiger partial charge in [-0.2, -0.15) is 4.98 Å². The Morgan fingerprint density at radius 3 is 2.70 bits per heavy atom. The summed E-state index contributed by atoms with van der Waals surface area (Å²) < 4.78 is 4.83. The zero-order chi connectivity index (χ0) is 14.5. The highest BCUT2D eigenvalue weighted by Crippen LogP contribution is 2.24. The van der Waals surface area contributed by atoms with E-state index in [-0.39, 0.29) is 11.9 Å². The van der Waals surface area contributed by atoms with Crippen molar-refractivity contribution < 1.29 is 9.53 Å². The van der Waals surface area contributed by atoms with Crippen molar-refractivity contribution in [2.24, 2.45) is 0 Å². The lowest BCUT2D eigenvalue weighted by atomic mass is 10.1. The average Bonchev–Trinajstić information content (AvgIpc) is 2.85. The predicted octanol–water partition coefficient (Wildman–Crippen LogP) is 1.57. The Labute approximate surface area is 121 Å². The van der Waals surface area contributed by atoms with E-state index in [1.165, 1.54) is 24.4 Å². The quantitative estimate of drug-likeness (QED) is 0.642. The maximum absolute atomic E-state index is 11.9. The molecule has 2 rings (SSSR count). The SMILES string of the molecule is COC(=O)[C@@H](Cc1ccc(C)cc1)Sc1n[nH]c(N)n1. The van der Waals surface area contributed by atoms with Gasteiger partial charge in [0.15, 0.2) is 0 Å². The Morgan fingerprint density at radius 2 is 2.15 bits per heavy atom. The topological polar surface area (TPSA) is 93.9 Å². The fourth-order valence-corrected chi connectivity index (χ4v) is 2.65. The number of hydrogen-bond acceptors (Lipinski definition) is 6. The van der Waals surface area contributed by atoms with E-state index in [2.05, 4.69) is 15.2 Å². The second-order valence-corrected chi connectivity index (χ2v) is 5.49. The first-order valence-corrected chi connectivity index (χ1v) is 6.94. The van der Waals surface area contributed by atoms with Crippen LogP contribution in [0.5, 0.6) is 0 Å². The maximum Gasteiger partial charge on any atom is 0.319 e. The molecule has 1 atom stereocenters. The van der Waals surface area contributed by atoms with Crippen LogP contribution in [0.4, 0.5) is 5.95 Å². The van der Waals surface area contributed by atoms with Gasteiger partial charge in [0.05, 0.1) is 7.11 Å². The third-order valence-corrected chi connectivity index (χ3v) is 3.77. The van der Waals surface area contributed by atoms with Gasteiger partial charge in [0.2, 0.25) is 11.1 Å². The molecule has 2 aromatic rings. The number of aryl methyl sites for hydroxylation is 1. The average molecular weight is 292 g/mol. The van der Waals surface area contributed by atoms with Crippen molar-refractivity contribution in [1.82, 2.24) is 15.2 Å². The third kappa shape index (κ3) is 3.74. The van der Waals surface area contributed by atoms with Gasteiger partial charge in [-0.15, -0.1) is 5.10 Å². The maximum atomic E-state index is 11.9. The number of aromatic nitrogens is 3. The van der Waals surface area contributed by atoms with Crippen molar-refractivity contribution in [1.29, 1.82) is 0 Å². The highest BCUT2D eigenvalue weighted by atomic mass is 32.2. The van der Waals surface area contributed by atoms with Gasteiger partial charge in [-0.25, -0.2) is 5.10 Å². The molecule has 0 radical (unpaired) electrons. The molecule has 0 saturated heterocycles. The van der Waals surface area contributed by atoms with Gasteiger partial charge in [0.1, 0.15) is 5.25 Å². The fraction of sp³-hybridized carbons (Fsp3) is 0.308. The lowest BCUT2D eigenvalue weighted by molar-refractivity contribution is -0.139. The molecule has 0 unspecified atom stereocenters. The highest BCUT2D eigenvalue weighted by Gasteiger charge is 2.23. The molecule has 6 nitrogen and oxygen atoms in total. The molecule has 0 aliphatic carbocycles. The van der Waals surface area contributed by atoms with E-state index in [4.69, 9.17) is 10.5 Å². The van der Waals surface area contributed by atoms with Gasteiger partial charge >= 0.3 is 5.97 Å². The first-order chi connectivity index (χ1) is 9.58. The second-order valence-electron chi connectivity index (χ2n) is 4.32. The van der Waals surface area contributed by atoms with Crippen LogP contribution >= 0.6 is 11.8 Å². The Hall–Kier alpha value is -2.02. The van der Waals surface area contributed by atoms with Crippen LogP contribution in [-0.2, 0) is 16.0 Å². The Balaban J connectivity index is 2.11. The molecule has 0 aliphatic rings. The Bertz CT molecular complexity index is 582. The number of benzene rings is 1. The van der Waals surface area contributed by atoms with Crippen LogP contribution in [0.2, 0.25) is 0 Å². The number of hydrogen-bond donors (Lipinski definition) is 2. The number of ether oxygens (including phenoxy) is 1. The number of esters is 1. The molecule has 7 heteroatoms. The van der Waals surface area contributed by atoms with Crippen LogP contribution < -0.4 is 5.73 Å². The highest BCUT2D eigenvalue weighted by molar-refractivity contribution is 8.00. The largest absolute Gasteiger partial charge is 0.468 e. The van der Waals surface area contributed by atoms with Crippen LogP contribution in [-0.4, -0.2) is 33.5 Å². The van der Waals surface area contributed by atoms with Gasteiger partial charge in [-0.05, 0) is 18.9 Å². The third-order valence-electron chi connectivity index (χ3n) is 2.74. The summed E-state index contributed by atoms with van der Waals surface area (Å²) in [7, 11) is 1.37. The Morgan fingerprint density at radius 1 is 1.45 bits per heavy atom. The number of nitrogens with two attached hydrogens (primary N) is 1. The number of nitrogen functional groups attached to an aromatic ring is 1. The molecule has 0 spiro atoms. The van der Waals surface area contributed by atoms with Crippen molar-refractivity contribution >= 4 is 23.7 Å². The van der Waals surface area contributed by atoms with Gasteiger partial charge in [-0.1, -0.05) is 41.6 Å². The number of rotatable bonds is 5. The number of nitrogens with one attached hydrogen (secondary N) is 1. The molecule has 0 bridgehead atoms. The molecule has 0 aliphatic heterocycles. The zero-order valence-corrected chi connectivity index (χ0v) is 12.1. The fourth-order valence-electron chi connectivity index (χ4n) is 1.68. The van der Waals surface area contributed by atoms with Crippen LogP contribution in [0.3, 0.4) is 0 Å². The summed E-state index contributed by atoms with van der Waals surface area (Å²) in [6.45, 7) is 2.02. The summed E-state index contributed by atoms with van der Waals surface area (Å²) in [5.74, 6) is -0.0783. The van der Waals surface area contributed by atoms with Crippen molar-refractivity contribution in [3.63, 3.8) is 0 Å². The minimum atomic E-state index is -0.405. The normalized spacial score (nSPS) is 12.1. The summed E-state index contributed by atoms with van der Waals surface area (Å²) in [4.78, 5) is 15.8. The molecular weight excluding hydrogens is 276 g/mol. The van der Waals surface area contributed by atoms with Gasteiger partial charge in [0.25, 0.3) is 0 Å². The summed E-state index contributed by atoms with van der Waals surface area (Å²) in [6.07, 6.45) is 0.548. The summed E-state index contributed by atoms with van der Waals surface area (Å²) in [5, 5.41) is 6.50. The van der Waals surface area contributed by atoms with Crippen LogP contribution in [0, 0.1) is 6.92 Å². The first kappa shape index (κ1) is 14.4. The van der Waals surface area contributed by atoms with E-state index in [9.17, 15) is 4.79 Å². The molecule has 3 N–H and O–H groups in total. The number of nitrogens with zero attached hydrogens (tertiary/aromatic N) is 2. The van der Waals surface area contributed by atoms with Gasteiger partial charge < -0.3 is 10.5 Å². The molecule has 1 aromatic heterocycles. The smallest absolute Gasteiger partial charge is 0.319 e. The van der Waals surface area contributed by atoms with E-state index in [0.717, 1.165) is 5.56 Å². The number of methoxy groups -OCH3 is 1. The lowest BCUT2D eigenvalue weighted by Gasteiger charge is -2.12. The van der Waals surface area contributed by atoms with E-state index in [0.29, 0.717) is 11.6 Å². The molecule has 0 amide bonds. The van der Waals surface area contributed by atoms with Crippen LogP contribution in [0.25, 0.3) is 0 Å². The van der Waals surface area contributed by atoms with Gasteiger partial charge in [-0.3, -0.25) is 4.79 Å². The lowest BCUT2D eigenvalue weighted by Crippen LogP contribution is -2.21. The first-order valence-electron chi connectivity index (χ1n) is 6.06. The molecular formula is C13H16N4O2S. The molecule has 106 valence electrons. The number of thioether (sulfide) groups is 1. The summed E-state index contributed by atoms with van der Waals surface area (Å²) in [5.41, 5.74) is 7.71. The summed E-state index contributed by atoms with van der Waals surface area (Å²) >= 11 is 1.23. The van der Waals surface area contributed by atoms with E-state index < -0.39 is 5.25 Å². The minimum Gasteiger partial charge on any atom is -0.468 e. The van der Waals surface area contributed by atoms with Crippen molar-refractivity contribution in [3.05, 3.63) is 35.4 Å². The molecule has 0 saturated carbocycles. The van der Waals surface area contributed by atoms with E-state index in [1.807, 2.05) is 31.2 Å². The molecule has 1 heterocycles. The number of H-pyrrole nitrogens is 1. The Kier molecular flexibility index (Phi) is 4.62. The number of aromatic amines is 1. The standard InChI is InChI=1S/C13H16N4O2S/c1-8-3-5-9(6-4-8)7-10(11(18)19-2)20-13-15-12(14)16-17-13/h3-6,10H,7H2,1-2H3,(H3,14,15,16,17)/t10-/m1/s1. The van der Waals surface area contributed by atoms with Crippen molar-refractivity contribution in [2.45, 2.75) is 23.8 Å². The van der Waals surface area contributed by atoms with Crippen molar-refractivity contribution in [3.8, 4) is 0 Å². The number of anilines is 1. The number of carbonyl (C=O) groups is 1. The van der Waals surface area contributed by atoms with Crippen molar-refractivity contribution in [2.75, 3.05) is 12.8 Å². The van der Waals surface area contributed by atoms with Crippen LogP contribution in [0.1, 0.15) is 11.1 Å². The van der Waals surface area contributed by atoms with E-state index >= 15 is 0 Å².